The fourth-order valence-electron chi connectivity index (χ4n) is 2.66. The zero-order chi connectivity index (χ0) is 14.0. The molecule has 108 valence electrons. The Kier molecular flexibility index (Phi) is 10.5. The molecule has 0 bridgehead atoms. The lowest BCUT2D eigenvalue weighted by Gasteiger charge is -2.24. The minimum Gasteiger partial charge on any atom is -0.0885 e. The van der Waals surface area contributed by atoms with Crippen molar-refractivity contribution in [3.05, 3.63) is 12.2 Å². The molecule has 0 aromatic carbocycles. The van der Waals surface area contributed by atoms with Crippen molar-refractivity contribution in [2.45, 2.75) is 80.1 Å². The van der Waals surface area contributed by atoms with Gasteiger partial charge >= 0.3 is 0 Å². The molecular weight excluding hydrogens is 216 g/mol. The monoisotopic (exact) mass is 252 g/mol. The van der Waals surface area contributed by atoms with Gasteiger partial charge < -0.3 is 0 Å². The molecule has 0 amide bonds. The zero-order valence-electron chi connectivity index (χ0n) is 13.7. The van der Waals surface area contributed by atoms with E-state index in [9.17, 15) is 0 Å². The van der Waals surface area contributed by atoms with Gasteiger partial charge in [-0.25, -0.2) is 0 Å². The van der Waals surface area contributed by atoms with Crippen molar-refractivity contribution in [2.75, 3.05) is 0 Å². The first-order valence-corrected chi connectivity index (χ1v) is 8.23. The molecule has 0 aromatic heterocycles. The van der Waals surface area contributed by atoms with E-state index in [1.165, 1.54) is 38.5 Å². The van der Waals surface area contributed by atoms with Gasteiger partial charge in [-0.1, -0.05) is 73.0 Å². The van der Waals surface area contributed by atoms with Crippen LogP contribution < -0.4 is 0 Å². The van der Waals surface area contributed by atoms with Crippen molar-refractivity contribution in [3.63, 3.8) is 0 Å². The van der Waals surface area contributed by atoms with E-state index in [1.807, 2.05) is 0 Å². The zero-order valence-corrected chi connectivity index (χ0v) is 13.7. The third-order valence-electron chi connectivity index (χ3n) is 4.66. The Morgan fingerprint density at radius 3 is 1.89 bits per heavy atom. The van der Waals surface area contributed by atoms with Crippen LogP contribution in [0.25, 0.3) is 0 Å². The summed E-state index contributed by atoms with van der Waals surface area (Å²) in [6, 6.07) is 0. The summed E-state index contributed by atoms with van der Waals surface area (Å²) in [6.45, 7) is 14.1. The Morgan fingerprint density at radius 1 is 0.778 bits per heavy atom. The van der Waals surface area contributed by atoms with Gasteiger partial charge in [0.1, 0.15) is 0 Å². The molecule has 0 radical (unpaired) electrons. The first-order valence-electron chi connectivity index (χ1n) is 8.23. The molecule has 18 heavy (non-hydrogen) atoms. The van der Waals surface area contributed by atoms with Gasteiger partial charge in [0.25, 0.3) is 0 Å². The molecule has 0 heterocycles. The van der Waals surface area contributed by atoms with Crippen molar-refractivity contribution in [3.8, 4) is 0 Å². The van der Waals surface area contributed by atoms with Crippen molar-refractivity contribution in [1.82, 2.24) is 0 Å². The molecule has 0 rings (SSSR count). The van der Waals surface area contributed by atoms with E-state index in [-0.39, 0.29) is 0 Å². The molecular formula is C18H36. The Labute approximate surface area is 116 Å². The quantitative estimate of drug-likeness (QED) is 0.391. The smallest absolute Gasteiger partial charge is 0.0208 e. The van der Waals surface area contributed by atoms with Crippen molar-refractivity contribution in [1.29, 1.82) is 0 Å². The highest BCUT2D eigenvalue weighted by Gasteiger charge is 2.16. The maximum Gasteiger partial charge on any atom is -0.0208 e. The molecule has 0 aromatic rings. The van der Waals surface area contributed by atoms with Gasteiger partial charge in [-0.15, -0.1) is 0 Å². The molecule has 0 aliphatic rings. The minimum absolute atomic E-state index is 0.797. The third-order valence-corrected chi connectivity index (χ3v) is 4.66. The molecule has 0 fully saturated rings. The molecule has 0 aliphatic heterocycles. The van der Waals surface area contributed by atoms with E-state index < -0.39 is 0 Å². The second kappa shape index (κ2) is 10.6. The van der Waals surface area contributed by atoms with E-state index in [0.717, 1.165) is 23.7 Å². The predicted molar refractivity (Wildman–Crippen MR) is 84.8 cm³/mol. The summed E-state index contributed by atoms with van der Waals surface area (Å²) in [5.74, 6) is 3.40. The van der Waals surface area contributed by atoms with Crippen molar-refractivity contribution < 1.29 is 0 Å². The maximum atomic E-state index is 2.48. The van der Waals surface area contributed by atoms with Crippen molar-refractivity contribution >= 4 is 0 Å². The summed E-state index contributed by atoms with van der Waals surface area (Å²) in [7, 11) is 0. The van der Waals surface area contributed by atoms with Crippen LogP contribution in [0.5, 0.6) is 0 Å². The van der Waals surface area contributed by atoms with Crippen LogP contribution in [0, 0.1) is 23.7 Å². The predicted octanol–water partition coefficient (Wildman–Crippen LogP) is 6.47. The second-order valence-corrected chi connectivity index (χ2v) is 6.21. The van der Waals surface area contributed by atoms with Crippen LogP contribution in [-0.2, 0) is 0 Å². The molecule has 0 nitrogen and oxygen atoms in total. The summed E-state index contributed by atoms with van der Waals surface area (Å²) in [6.07, 6.45) is 12.8. The Bertz CT molecular complexity index is 204. The summed E-state index contributed by atoms with van der Waals surface area (Å²) in [5.41, 5.74) is 0. The second-order valence-electron chi connectivity index (χ2n) is 6.21. The molecule has 4 atom stereocenters. The highest BCUT2D eigenvalue weighted by molar-refractivity contribution is 4.90. The first-order chi connectivity index (χ1) is 8.56. The van der Waals surface area contributed by atoms with Gasteiger partial charge in [0, 0.05) is 0 Å². The summed E-state index contributed by atoms with van der Waals surface area (Å²) in [5, 5.41) is 0. The molecule has 0 aliphatic carbocycles. The van der Waals surface area contributed by atoms with Gasteiger partial charge in [0.15, 0.2) is 0 Å². The Balaban J connectivity index is 4.20. The molecule has 0 heteroatoms. The summed E-state index contributed by atoms with van der Waals surface area (Å²) >= 11 is 0. The lowest BCUT2D eigenvalue weighted by Crippen LogP contribution is -2.13. The van der Waals surface area contributed by atoms with Crippen molar-refractivity contribution in [2.24, 2.45) is 23.7 Å². The van der Waals surface area contributed by atoms with Crippen LogP contribution >= 0.6 is 0 Å². The average molecular weight is 252 g/mol. The standard InChI is InChI=1S/C18H36/c1-7-10-12-18(15(4)9-3)14-13-17(6)16(5)11-8-2/h10,12,15-18H,7-9,11,13-14H2,1-6H3. The van der Waals surface area contributed by atoms with E-state index >= 15 is 0 Å². The molecule has 0 saturated heterocycles. The Hall–Kier alpha value is -0.260. The average Bonchev–Trinajstić information content (AvgIpc) is 2.37. The van der Waals surface area contributed by atoms with Gasteiger partial charge in [0.05, 0.1) is 0 Å². The van der Waals surface area contributed by atoms with Crippen LogP contribution in [-0.4, -0.2) is 0 Å². The minimum atomic E-state index is 0.797. The maximum absolute atomic E-state index is 2.48. The van der Waals surface area contributed by atoms with Crippen LogP contribution in [0.4, 0.5) is 0 Å². The van der Waals surface area contributed by atoms with Gasteiger partial charge in [-0.2, -0.15) is 0 Å². The Morgan fingerprint density at radius 2 is 1.39 bits per heavy atom. The fourth-order valence-corrected chi connectivity index (χ4v) is 2.66. The van der Waals surface area contributed by atoms with Crippen LogP contribution in [0.1, 0.15) is 80.1 Å². The third kappa shape index (κ3) is 7.24. The normalized spacial score (nSPS) is 18.8. The van der Waals surface area contributed by atoms with Gasteiger partial charge in [0.2, 0.25) is 0 Å². The highest BCUT2D eigenvalue weighted by Crippen LogP contribution is 2.28. The SMILES string of the molecule is CCC=CC(CCC(C)C(C)CCC)C(C)CC. The van der Waals surface area contributed by atoms with Crippen LogP contribution in [0.3, 0.4) is 0 Å². The fraction of sp³-hybridized carbons (Fsp3) is 0.889. The van der Waals surface area contributed by atoms with Gasteiger partial charge in [-0.3, -0.25) is 0 Å². The topological polar surface area (TPSA) is 0 Å². The van der Waals surface area contributed by atoms with Crippen LogP contribution in [0.2, 0.25) is 0 Å². The highest BCUT2D eigenvalue weighted by atomic mass is 14.2. The lowest BCUT2D eigenvalue weighted by molar-refractivity contribution is 0.294. The van der Waals surface area contributed by atoms with E-state index in [1.54, 1.807) is 0 Å². The molecule has 0 saturated carbocycles. The largest absolute Gasteiger partial charge is 0.0885 e. The van der Waals surface area contributed by atoms with Gasteiger partial charge in [-0.05, 0) is 42.9 Å². The molecule has 4 unspecified atom stereocenters. The van der Waals surface area contributed by atoms with Crippen LogP contribution in [0.15, 0.2) is 12.2 Å². The molecule has 0 spiro atoms. The summed E-state index contributed by atoms with van der Waals surface area (Å²) < 4.78 is 0. The lowest BCUT2D eigenvalue weighted by atomic mass is 9.81. The number of hydrogen-bond donors (Lipinski definition) is 0. The number of allylic oxidation sites excluding steroid dienone is 2. The van der Waals surface area contributed by atoms with E-state index in [2.05, 4.69) is 53.7 Å². The number of hydrogen-bond acceptors (Lipinski definition) is 0. The number of rotatable bonds is 10. The summed E-state index contributed by atoms with van der Waals surface area (Å²) in [4.78, 5) is 0. The van der Waals surface area contributed by atoms with E-state index in [4.69, 9.17) is 0 Å². The first kappa shape index (κ1) is 17.7. The molecule has 0 N–H and O–H groups in total. The van der Waals surface area contributed by atoms with E-state index in [0.29, 0.717) is 0 Å².